The SMILES string of the molecule is OC1(Cn2cc(-c3ccc(C(F)(F)F)cn3)nn2)CCCOC1. The standard InChI is InChI=1S/C14H15F3N4O2/c15-14(16,17)10-2-3-11(18-6-10)12-7-21(20-19-12)8-13(22)4-1-5-23-9-13/h2-3,6-7,22H,1,4-5,8-9H2. The summed E-state index contributed by atoms with van der Waals surface area (Å²) in [4.78, 5) is 3.77. The molecule has 1 aliphatic heterocycles. The Hall–Kier alpha value is -2.00. The molecular formula is C14H15F3N4O2. The molecule has 0 spiro atoms. The number of alkyl halides is 3. The van der Waals surface area contributed by atoms with Crippen LogP contribution in [0.15, 0.2) is 24.5 Å². The maximum atomic E-state index is 12.5. The van der Waals surface area contributed by atoms with Crippen molar-refractivity contribution in [2.75, 3.05) is 13.2 Å². The fourth-order valence-corrected chi connectivity index (χ4v) is 2.47. The molecule has 2 aromatic heterocycles. The van der Waals surface area contributed by atoms with Crippen molar-refractivity contribution in [3.63, 3.8) is 0 Å². The van der Waals surface area contributed by atoms with Gasteiger partial charge >= 0.3 is 6.18 Å². The Morgan fingerprint density at radius 3 is 2.74 bits per heavy atom. The van der Waals surface area contributed by atoms with Crippen LogP contribution in [0.4, 0.5) is 13.2 Å². The van der Waals surface area contributed by atoms with Gasteiger partial charge in [-0.2, -0.15) is 13.2 Å². The first-order valence-electron chi connectivity index (χ1n) is 7.10. The summed E-state index contributed by atoms with van der Waals surface area (Å²) < 4.78 is 44.3. The van der Waals surface area contributed by atoms with Crippen LogP contribution in [0.25, 0.3) is 11.4 Å². The first-order chi connectivity index (χ1) is 10.9. The molecule has 2 aromatic rings. The minimum absolute atomic E-state index is 0.209. The Balaban J connectivity index is 1.74. The zero-order valence-electron chi connectivity index (χ0n) is 12.1. The Morgan fingerprint density at radius 2 is 2.13 bits per heavy atom. The molecule has 1 saturated heterocycles. The van der Waals surface area contributed by atoms with Gasteiger partial charge in [-0.3, -0.25) is 4.98 Å². The van der Waals surface area contributed by atoms with Crippen LogP contribution in [-0.2, 0) is 17.5 Å². The van der Waals surface area contributed by atoms with Crippen molar-refractivity contribution in [3.8, 4) is 11.4 Å². The van der Waals surface area contributed by atoms with Crippen molar-refractivity contribution >= 4 is 0 Å². The van der Waals surface area contributed by atoms with Crippen molar-refractivity contribution in [2.45, 2.75) is 31.2 Å². The van der Waals surface area contributed by atoms with E-state index in [1.54, 1.807) is 6.20 Å². The molecule has 1 N–H and O–H groups in total. The molecule has 1 atom stereocenters. The summed E-state index contributed by atoms with van der Waals surface area (Å²) in [6.45, 7) is 1.06. The van der Waals surface area contributed by atoms with Gasteiger partial charge in [0.25, 0.3) is 0 Å². The fraction of sp³-hybridized carbons (Fsp3) is 0.500. The highest BCUT2D eigenvalue weighted by atomic mass is 19.4. The molecule has 0 saturated carbocycles. The van der Waals surface area contributed by atoms with Crippen molar-refractivity contribution in [1.82, 2.24) is 20.0 Å². The predicted molar refractivity (Wildman–Crippen MR) is 73.3 cm³/mol. The number of aromatic nitrogens is 4. The minimum atomic E-state index is -4.42. The second-order valence-electron chi connectivity index (χ2n) is 5.61. The van der Waals surface area contributed by atoms with E-state index in [-0.39, 0.29) is 18.8 Å². The molecular weight excluding hydrogens is 313 g/mol. The molecule has 0 amide bonds. The van der Waals surface area contributed by atoms with E-state index < -0.39 is 17.3 Å². The molecule has 0 radical (unpaired) electrons. The van der Waals surface area contributed by atoms with Gasteiger partial charge in [-0.05, 0) is 25.0 Å². The molecule has 1 unspecified atom stereocenters. The van der Waals surface area contributed by atoms with Gasteiger partial charge in [-0.25, -0.2) is 4.68 Å². The van der Waals surface area contributed by atoms with Gasteiger partial charge in [0.1, 0.15) is 11.3 Å². The number of rotatable bonds is 3. The number of nitrogens with zero attached hydrogens (tertiary/aromatic N) is 4. The van der Waals surface area contributed by atoms with Crippen LogP contribution in [-0.4, -0.2) is 43.9 Å². The second kappa shape index (κ2) is 5.89. The molecule has 0 aliphatic carbocycles. The fourth-order valence-electron chi connectivity index (χ4n) is 2.47. The summed E-state index contributed by atoms with van der Waals surface area (Å²) in [5.41, 5.74) is -1.19. The van der Waals surface area contributed by atoms with Gasteiger partial charge < -0.3 is 9.84 Å². The van der Waals surface area contributed by atoms with Crippen molar-refractivity contribution in [3.05, 3.63) is 30.1 Å². The smallest absolute Gasteiger partial charge is 0.386 e. The average Bonchev–Trinajstić information content (AvgIpc) is 2.95. The van der Waals surface area contributed by atoms with Crippen LogP contribution in [0.5, 0.6) is 0 Å². The molecule has 23 heavy (non-hydrogen) atoms. The van der Waals surface area contributed by atoms with Gasteiger partial charge in [0, 0.05) is 12.8 Å². The van der Waals surface area contributed by atoms with Gasteiger partial charge in [-0.15, -0.1) is 5.10 Å². The van der Waals surface area contributed by atoms with Gasteiger partial charge in [0.15, 0.2) is 0 Å². The summed E-state index contributed by atoms with van der Waals surface area (Å²) in [7, 11) is 0. The van der Waals surface area contributed by atoms with Crippen LogP contribution in [0.2, 0.25) is 0 Å². The number of ether oxygens (including phenoxy) is 1. The highest BCUT2D eigenvalue weighted by Gasteiger charge is 2.32. The van der Waals surface area contributed by atoms with Crippen LogP contribution in [0.3, 0.4) is 0 Å². The highest BCUT2D eigenvalue weighted by Crippen LogP contribution is 2.29. The van der Waals surface area contributed by atoms with E-state index in [4.69, 9.17) is 4.74 Å². The van der Waals surface area contributed by atoms with E-state index in [0.29, 0.717) is 18.7 Å². The number of hydrogen-bond acceptors (Lipinski definition) is 5. The van der Waals surface area contributed by atoms with E-state index >= 15 is 0 Å². The summed E-state index contributed by atoms with van der Waals surface area (Å²) in [6, 6.07) is 2.19. The maximum Gasteiger partial charge on any atom is 0.417 e. The number of pyridine rings is 1. The summed E-state index contributed by atoms with van der Waals surface area (Å²) in [5, 5.41) is 18.2. The number of hydrogen-bond donors (Lipinski definition) is 1. The summed E-state index contributed by atoms with van der Waals surface area (Å²) in [5.74, 6) is 0. The van der Waals surface area contributed by atoms with Crippen LogP contribution in [0.1, 0.15) is 18.4 Å². The Kier molecular flexibility index (Phi) is 4.07. The quantitative estimate of drug-likeness (QED) is 0.932. The third kappa shape index (κ3) is 3.67. The van der Waals surface area contributed by atoms with E-state index in [2.05, 4.69) is 15.3 Å². The normalized spacial score (nSPS) is 22.3. The molecule has 3 heterocycles. The van der Waals surface area contributed by atoms with E-state index in [1.165, 1.54) is 10.7 Å². The Labute approximate surface area is 129 Å². The third-order valence-electron chi connectivity index (χ3n) is 3.65. The topological polar surface area (TPSA) is 73.1 Å². The lowest BCUT2D eigenvalue weighted by Gasteiger charge is -2.31. The first kappa shape index (κ1) is 15.9. The maximum absolute atomic E-state index is 12.5. The monoisotopic (exact) mass is 328 g/mol. The van der Waals surface area contributed by atoms with E-state index in [1.807, 2.05) is 0 Å². The molecule has 1 fully saturated rings. The first-order valence-corrected chi connectivity index (χ1v) is 7.10. The largest absolute Gasteiger partial charge is 0.417 e. The lowest BCUT2D eigenvalue weighted by molar-refractivity contribution is -0.137. The summed E-state index contributed by atoms with van der Waals surface area (Å²) in [6.07, 6.45) is -0.758. The number of aliphatic hydroxyl groups is 1. The van der Waals surface area contributed by atoms with Crippen molar-refractivity contribution in [2.24, 2.45) is 0 Å². The zero-order valence-corrected chi connectivity index (χ0v) is 12.1. The predicted octanol–water partition coefficient (Wildman–Crippen LogP) is 1.90. The molecule has 0 aromatic carbocycles. The van der Waals surface area contributed by atoms with E-state index in [9.17, 15) is 18.3 Å². The molecule has 3 rings (SSSR count). The molecule has 1 aliphatic rings. The lowest BCUT2D eigenvalue weighted by atomic mass is 9.97. The third-order valence-corrected chi connectivity index (χ3v) is 3.65. The highest BCUT2D eigenvalue weighted by molar-refractivity contribution is 5.52. The Bertz CT molecular complexity index is 663. The van der Waals surface area contributed by atoms with Gasteiger partial charge in [-0.1, -0.05) is 5.21 Å². The zero-order chi connectivity index (χ0) is 16.5. The molecule has 9 heteroatoms. The van der Waals surface area contributed by atoms with Crippen LogP contribution in [0, 0.1) is 0 Å². The van der Waals surface area contributed by atoms with Crippen molar-refractivity contribution < 1.29 is 23.0 Å². The lowest BCUT2D eigenvalue weighted by Crippen LogP contribution is -2.42. The second-order valence-corrected chi connectivity index (χ2v) is 5.61. The summed E-state index contributed by atoms with van der Waals surface area (Å²) >= 11 is 0. The van der Waals surface area contributed by atoms with Crippen LogP contribution < -0.4 is 0 Å². The van der Waals surface area contributed by atoms with Crippen molar-refractivity contribution in [1.29, 1.82) is 0 Å². The molecule has 0 bridgehead atoms. The molecule has 6 nitrogen and oxygen atoms in total. The molecule has 124 valence electrons. The minimum Gasteiger partial charge on any atom is -0.386 e. The van der Waals surface area contributed by atoms with Gasteiger partial charge in [0.05, 0.1) is 30.6 Å². The van der Waals surface area contributed by atoms with E-state index in [0.717, 1.165) is 18.7 Å². The Morgan fingerprint density at radius 1 is 1.30 bits per heavy atom. The van der Waals surface area contributed by atoms with Gasteiger partial charge in [0.2, 0.25) is 0 Å². The average molecular weight is 328 g/mol. The number of halogens is 3. The van der Waals surface area contributed by atoms with Crippen LogP contribution >= 0.6 is 0 Å².